The van der Waals surface area contributed by atoms with Crippen molar-refractivity contribution in [2.45, 2.75) is 38.3 Å². The molecule has 10 nitrogen and oxygen atoms in total. The van der Waals surface area contributed by atoms with Crippen LogP contribution in [0.25, 0.3) is 0 Å². The molecule has 0 aromatic carbocycles. The van der Waals surface area contributed by atoms with Crippen molar-refractivity contribution >= 4 is 29.5 Å². The number of aromatic nitrogens is 3. The second kappa shape index (κ2) is 8.01. The molecule has 1 aliphatic carbocycles. The van der Waals surface area contributed by atoms with Gasteiger partial charge >= 0.3 is 6.03 Å². The fraction of sp³-hybridized carbons (Fsp3) is 0.476. The lowest BCUT2D eigenvalue weighted by molar-refractivity contribution is -0.156. The summed E-state index contributed by atoms with van der Waals surface area (Å²) in [6.45, 7) is 1.92. The van der Waals surface area contributed by atoms with Crippen LogP contribution in [0.1, 0.15) is 25.3 Å². The van der Waals surface area contributed by atoms with Crippen LogP contribution in [-0.4, -0.2) is 56.6 Å². The number of nitrogen functional groups attached to an aromatic ring is 1. The maximum atomic E-state index is 13.4. The quantitative estimate of drug-likeness (QED) is 0.663. The van der Waals surface area contributed by atoms with E-state index < -0.39 is 18.0 Å². The van der Waals surface area contributed by atoms with Crippen molar-refractivity contribution in [3.63, 3.8) is 0 Å². The summed E-state index contributed by atoms with van der Waals surface area (Å²) < 4.78 is 1.59. The highest BCUT2D eigenvalue weighted by atomic mass is 16.2. The maximum Gasteiger partial charge on any atom is 0.325 e. The van der Waals surface area contributed by atoms with Gasteiger partial charge in [0.2, 0.25) is 5.91 Å². The van der Waals surface area contributed by atoms with E-state index in [0.717, 1.165) is 23.3 Å². The van der Waals surface area contributed by atoms with Gasteiger partial charge in [0.05, 0.1) is 5.92 Å². The predicted molar refractivity (Wildman–Crippen MR) is 114 cm³/mol. The van der Waals surface area contributed by atoms with Crippen LogP contribution in [0.2, 0.25) is 0 Å². The Bertz CT molecular complexity index is 1020. The first-order valence-electron chi connectivity index (χ1n) is 10.4. The van der Waals surface area contributed by atoms with Crippen molar-refractivity contribution in [1.29, 1.82) is 0 Å². The maximum absolute atomic E-state index is 13.4. The molecule has 4 amide bonds. The molecule has 3 heterocycles. The van der Waals surface area contributed by atoms with Gasteiger partial charge in [-0.05, 0) is 49.8 Å². The van der Waals surface area contributed by atoms with Crippen LogP contribution in [0.15, 0.2) is 30.6 Å². The first-order chi connectivity index (χ1) is 14.8. The van der Waals surface area contributed by atoms with Gasteiger partial charge < -0.3 is 11.1 Å². The Morgan fingerprint density at radius 3 is 2.71 bits per heavy atom. The average Bonchev–Trinajstić information content (AvgIpc) is 3.50. The zero-order chi connectivity index (χ0) is 22.3. The monoisotopic (exact) mass is 425 g/mol. The first-order valence-corrected chi connectivity index (χ1v) is 10.4. The van der Waals surface area contributed by atoms with E-state index in [9.17, 15) is 14.4 Å². The number of pyridine rings is 1. The summed E-state index contributed by atoms with van der Waals surface area (Å²) in [6.07, 6.45) is 5.70. The summed E-state index contributed by atoms with van der Waals surface area (Å²) >= 11 is 0. The second-order valence-electron chi connectivity index (χ2n) is 8.37. The standard InChI is InChI=1S/C21H27N7O3/c1-12(14-4-5-14)24-21(31)28-18(20(30)27(3)17-7-9-26(2)25-17)15(19(28)29)10-13-6-8-23-16(22)11-13/h6-9,11-12,14-15,18H,4-5,10H2,1-3H3,(H2,22,23)(H,24,31)/t12-,15-,18+/m1/s1. The number of nitrogens with one attached hydrogen (secondary N) is 1. The largest absolute Gasteiger partial charge is 0.384 e. The Morgan fingerprint density at radius 2 is 2.10 bits per heavy atom. The minimum atomic E-state index is -0.916. The highest BCUT2D eigenvalue weighted by Crippen LogP contribution is 2.35. The molecule has 1 saturated heterocycles. The molecule has 2 aromatic heterocycles. The van der Waals surface area contributed by atoms with Crippen LogP contribution < -0.4 is 16.0 Å². The molecule has 2 fully saturated rings. The van der Waals surface area contributed by atoms with Crippen molar-refractivity contribution in [2.24, 2.45) is 18.9 Å². The highest BCUT2D eigenvalue weighted by Gasteiger charge is 2.55. The van der Waals surface area contributed by atoms with Crippen molar-refractivity contribution in [2.75, 3.05) is 17.7 Å². The number of amides is 4. The Labute approximate surface area is 180 Å². The third-order valence-corrected chi connectivity index (χ3v) is 6.04. The van der Waals surface area contributed by atoms with Crippen LogP contribution in [0.5, 0.6) is 0 Å². The molecule has 10 heteroatoms. The molecule has 3 N–H and O–H groups in total. The number of aryl methyl sites for hydroxylation is 1. The number of nitrogens with two attached hydrogens (primary N) is 1. The van der Waals surface area contributed by atoms with E-state index in [4.69, 9.17) is 5.73 Å². The second-order valence-corrected chi connectivity index (χ2v) is 8.37. The number of likely N-dealkylation sites (N-methyl/N-ethyl adjacent to an activating group) is 1. The lowest BCUT2D eigenvalue weighted by Gasteiger charge is -2.45. The minimum absolute atomic E-state index is 0.0383. The number of urea groups is 1. The van der Waals surface area contributed by atoms with E-state index in [2.05, 4.69) is 15.4 Å². The van der Waals surface area contributed by atoms with Gasteiger partial charge in [-0.2, -0.15) is 5.10 Å². The lowest BCUT2D eigenvalue weighted by atomic mass is 9.81. The molecular weight excluding hydrogens is 398 g/mol. The number of carbonyl (C=O) groups excluding carboxylic acids is 3. The average molecular weight is 425 g/mol. The molecule has 164 valence electrons. The van der Waals surface area contributed by atoms with Crippen molar-refractivity contribution in [3.8, 4) is 0 Å². The molecule has 0 spiro atoms. The van der Waals surface area contributed by atoms with Crippen LogP contribution in [0, 0.1) is 11.8 Å². The molecule has 2 aromatic rings. The third kappa shape index (κ3) is 4.10. The van der Waals surface area contributed by atoms with Crippen LogP contribution >= 0.6 is 0 Å². The number of hydrogen-bond donors (Lipinski definition) is 2. The van der Waals surface area contributed by atoms with Crippen LogP contribution in [-0.2, 0) is 23.1 Å². The van der Waals surface area contributed by atoms with Crippen LogP contribution in [0.4, 0.5) is 16.4 Å². The predicted octanol–water partition coefficient (Wildman–Crippen LogP) is 0.938. The zero-order valence-corrected chi connectivity index (χ0v) is 17.9. The highest BCUT2D eigenvalue weighted by molar-refractivity contribution is 6.12. The summed E-state index contributed by atoms with van der Waals surface area (Å²) in [7, 11) is 3.35. The van der Waals surface area contributed by atoms with Gasteiger partial charge in [0.25, 0.3) is 5.91 Å². The van der Waals surface area contributed by atoms with Crippen molar-refractivity contribution in [3.05, 3.63) is 36.2 Å². The number of β-lactam (4-membered cyclic amide) rings is 1. The number of carbonyl (C=O) groups is 3. The van der Waals surface area contributed by atoms with Gasteiger partial charge in [-0.25, -0.2) is 9.78 Å². The van der Waals surface area contributed by atoms with E-state index in [1.165, 1.54) is 4.90 Å². The smallest absolute Gasteiger partial charge is 0.325 e. The summed E-state index contributed by atoms with van der Waals surface area (Å²) in [5.41, 5.74) is 6.55. The van der Waals surface area contributed by atoms with Crippen molar-refractivity contribution in [1.82, 2.24) is 25.0 Å². The van der Waals surface area contributed by atoms with E-state index >= 15 is 0 Å². The van der Waals surface area contributed by atoms with E-state index in [1.54, 1.807) is 49.4 Å². The summed E-state index contributed by atoms with van der Waals surface area (Å²) in [5.74, 6) is -0.178. The Hall–Kier alpha value is -3.43. The number of rotatable bonds is 6. The molecule has 31 heavy (non-hydrogen) atoms. The van der Waals surface area contributed by atoms with Gasteiger partial charge in [-0.3, -0.25) is 24.1 Å². The normalized spacial score (nSPS) is 21.4. The van der Waals surface area contributed by atoms with Gasteiger partial charge in [0, 0.05) is 38.6 Å². The first kappa shape index (κ1) is 20.8. The number of nitrogens with zero attached hydrogens (tertiary/aromatic N) is 5. The molecule has 4 rings (SSSR count). The SMILES string of the molecule is C[C@@H](NC(=O)N1C(=O)[C@H](Cc2ccnc(N)c2)[C@H]1C(=O)N(C)c1ccn(C)n1)C1CC1. The van der Waals surface area contributed by atoms with Gasteiger partial charge in [0.15, 0.2) is 5.82 Å². The number of likely N-dealkylation sites (tertiary alicyclic amines) is 1. The van der Waals surface area contributed by atoms with E-state index in [0.29, 0.717) is 24.0 Å². The summed E-state index contributed by atoms with van der Waals surface area (Å²) in [4.78, 5) is 45.6. The Morgan fingerprint density at radius 1 is 1.35 bits per heavy atom. The molecule has 1 aliphatic heterocycles. The molecular formula is C21H27N7O3. The number of imide groups is 1. The molecule has 0 bridgehead atoms. The Kier molecular flexibility index (Phi) is 5.38. The number of anilines is 2. The van der Waals surface area contributed by atoms with E-state index in [1.807, 2.05) is 6.92 Å². The van der Waals surface area contributed by atoms with Crippen molar-refractivity contribution < 1.29 is 14.4 Å². The topological polar surface area (TPSA) is 126 Å². The minimum Gasteiger partial charge on any atom is -0.384 e. The number of hydrogen-bond acceptors (Lipinski definition) is 6. The van der Waals surface area contributed by atoms with Gasteiger partial charge in [-0.1, -0.05) is 0 Å². The molecule has 0 unspecified atom stereocenters. The summed E-state index contributed by atoms with van der Waals surface area (Å²) in [5, 5.41) is 7.14. The Balaban J connectivity index is 1.57. The third-order valence-electron chi connectivity index (χ3n) is 6.04. The molecule has 2 aliphatic rings. The van der Waals surface area contributed by atoms with Gasteiger partial charge in [0.1, 0.15) is 11.9 Å². The molecule has 3 atom stereocenters. The van der Waals surface area contributed by atoms with Crippen LogP contribution in [0.3, 0.4) is 0 Å². The molecule has 0 radical (unpaired) electrons. The summed E-state index contributed by atoms with van der Waals surface area (Å²) in [6, 6.07) is 3.66. The van der Waals surface area contributed by atoms with Gasteiger partial charge in [-0.15, -0.1) is 0 Å². The zero-order valence-electron chi connectivity index (χ0n) is 17.9. The van der Waals surface area contributed by atoms with E-state index in [-0.39, 0.29) is 17.9 Å². The fourth-order valence-corrected chi connectivity index (χ4v) is 4.00. The fourth-order valence-electron chi connectivity index (χ4n) is 4.00. The molecule has 1 saturated carbocycles. The lowest BCUT2D eigenvalue weighted by Crippen LogP contribution is -2.71.